The van der Waals surface area contributed by atoms with Crippen molar-refractivity contribution in [2.75, 3.05) is 12.3 Å². The van der Waals surface area contributed by atoms with Gasteiger partial charge in [-0.1, -0.05) is 12.1 Å². The van der Waals surface area contributed by atoms with Crippen molar-refractivity contribution in [1.82, 2.24) is 14.9 Å². The summed E-state index contributed by atoms with van der Waals surface area (Å²) in [6.45, 7) is 1.90. The molecule has 0 amide bonds. The van der Waals surface area contributed by atoms with Crippen molar-refractivity contribution in [1.29, 1.82) is 0 Å². The van der Waals surface area contributed by atoms with Gasteiger partial charge in [0.25, 0.3) is 0 Å². The fourth-order valence-electron chi connectivity index (χ4n) is 2.56. The van der Waals surface area contributed by atoms with E-state index in [-0.39, 0.29) is 11.9 Å². The number of aromatic nitrogens is 2. The molecule has 0 bridgehead atoms. The fraction of sp³-hybridized carbons (Fsp3) is 0.400. The molecule has 0 spiro atoms. The van der Waals surface area contributed by atoms with E-state index >= 15 is 0 Å². The molecule has 2 aromatic rings. The van der Waals surface area contributed by atoms with E-state index in [0.29, 0.717) is 0 Å². The van der Waals surface area contributed by atoms with E-state index in [2.05, 4.69) is 14.9 Å². The molecule has 0 saturated heterocycles. The monoisotopic (exact) mass is 291 g/mol. The molecule has 0 saturated carbocycles. The van der Waals surface area contributed by atoms with E-state index < -0.39 is 0 Å². The molecule has 1 aliphatic rings. The maximum atomic E-state index is 13.8. The highest BCUT2D eigenvalue weighted by Gasteiger charge is 2.22. The van der Waals surface area contributed by atoms with Crippen LogP contribution in [0.15, 0.2) is 41.8 Å². The lowest BCUT2D eigenvalue weighted by Gasteiger charge is -2.26. The van der Waals surface area contributed by atoms with Gasteiger partial charge in [0.15, 0.2) is 0 Å². The van der Waals surface area contributed by atoms with Crippen molar-refractivity contribution < 1.29 is 4.39 Å². The summed E-state index contributed by atoms with van der Waals surface area (Å²) in [5, 5.41) is 3.55. The van der Waals surface area contributed by atoms with Crippen LogP contribution in [0.25, 0.3) is 0 Å². The van der Waals surface area contributed by atoms with Crippen molar-refractivity contribution in [3.05, 3.63) is 48.3 Å². The van der Waals surface area contributed by atoms with E-state index in [4.69, 9.17) is 0 Å². The van der Waals surface area contributed by atoms with Crippen LogP contribution in [-0.2, 0) is 6.54 Å². The maximum Gasteiger partial charge on any atom is 0.137 e. The first-order valence-corrected chi connectivity index (χ1v) is 7.93. The summed E-state index contributed by atoms with van der Waals surface area (Å²) < 4.78 is 15.8. The summed E-state index contributed by atoms with van der Waals surface area (Å²) in [4.78, 5) is 4.85. The van der Waals surface area contributed by atoms with E-state index in [0.717, 1.165) is 42.1 Å². The molecule has 20 heavy (non-hydrogen) atoms. The van der Waals surface area contributed by atoms with Crippen LogP contribution in [-0.4, -0.2) is 21.8 Å². The molecular weight excluding hydrogens is 273 g/mol. The van der Waals surface area contributed by atoms with Crippen molar-refractivity contribution in [2.24, 2.45) is 0 Å². The molecule has 5 heteroatoms. The fourth-order valence-corrected chi connectivity index (χ4v) is 3.70. The van der Waals surface area contributed by atoms with Crippen LogP contribution in [0.5, 0.6) is 0 Å². The van der Waals surface area contributed by atoms with Gasteiger partial charge in [0, 0.05) is 29.9 Å². The van der Waals surface area contributed by atoms with E-state index in [1.807, 2.05) is 18.6 Å². The van der Waals surface area contributed by atoms with Crippen LogP contribution in [0.3, 0.4) is 0 Å². The van der Waals surface area contributed by atoms with Crippen LogP contribution < -0.4 is 5.32 Å². The van der Waals surface area contributed by atoms with Crippen LogP contribution in [0.4, 0.5) is 4.39 Å². The van der Waals surface area contributed by atoms with Gasteiger partial charge in [-0.25, -0.2) is 9.37 Å². The Bertz CT molecular complexity index is 556. The second kappa shape index (κ2) is 6.41. The minimum absolute atomic E-state index is 0.0857. The molecule has 2 heterocycles. The zero-order chi connectivity index (χ0) is 13.8. The smallest absolute Gasteiger partial charge is 0.137 e. The number of fused-ring (bicyclic) bond motifs is 1. The first-order chi connectivity index (χ1) is 9.84. The molecule has 3 rings (SSSR count). The van der Waals surface area contributed by atoms with Crippen LogP contribution in [0.2, 0.25) is 0 Å². The Morgan fingerprint density at radius 1 is 1.45 bits per heavy atom. The van der Waals surface area contributed by atoms with Crippen molar-refractivity contribution in [3.8, 4) is 0 Å². The molecule has 0 aliphatic carbocycles. The molecule has 106 valence electrons. The lowest BCUT2D eigenvalue weighted by atomic mass is 10.0. The third-order valence-electron chi connectivity index (χ3n) is 3.57. The summed E-state index contributed by atoms with van der Waals surface area (Å²) >= 11 is 1.63. The standard InChI is InChI=1S/C15H18FN3S/c16-13-4-1-3-12-14(5-10-20-15(12)13)18-6-2-8-19-9-7-17-11-19/h1,3-4,7,9,11,14,18H,2,5-6,8,10H2. The van der Waals surface area contributed by atoms with Gasteiger partial charge in [0.05, 0.1) is 6.33 Å². The van der Waals surface area contributed by atoms with Gasteiger partial charge in [-0.15, -0.1) is 11.8 Å². The van der Waals surface area contributed by atoms with Crippen LogP contribution >= 0.6 is 11.8 Å². The maximum absolute atomic E-state index is 13.8. The molecule has 0 fully saturated rings. The predicted molar refractivity (Wildman–Crippen MR) is 79.3 cm³/mol. The summed E-state index contributed by atoms with van der Waals surface area (Å²) in [6, 6.07) is 5.68. The average Bonchev–Trinajstić information content (AvgIpc) is 2.98. The van der Waals surface area contributed by atoms with Gasteiger partial charge >= 0.3 is 0 Å². The molecule has 1 N–H and O–H groups in total. The number of hydrogen-bond donors (Lipinski definition) is 1. The van der Waals surface area contributed by atoms with Gasteiger partial charge in [-0.3, -0.25) is 0 Å². The summed E-state index contributed by atoms with van der Waals surface area (Å²) in [6.07, 6.45) is 7.71. The summed E-state index contributed by atoms with van der Waals surface area (Å²) in [5.41, 5.74) is 1.11. The number of halogens is 1. The highest BCUT2D eigenvalue weighted by Crippen LogP contribution is 2.37. The Balaban J connectivity index is 1.55. The summed E-state index contributed by atoms with van der Waals surface area (Å²) in [5.74, 6) is 0.894. The quantitative estimate of drug-likeness (QED) is 0.858. The van der Waals surface area contributed by atoms with E-state index in [1.165, 1.54) is 0 Å². The Hall–Kier alpha value is -1.33. The van der Waals surface area contributed by atoms with Crippen molar-refractivity contribution in [2.45, 2.75) is 30.3 Å². The second-order valence-electron chi connectivity index (χ2n) is 4.96. The second-order valence-corrected chi connectivity index (χ2v) is 6.06. The number of imidazole rings is 1. The van der Waals surface area contributed by atoms with E-state index in [1.54, 1.807) is 30.1 Å². The first kappa shape index (κ1) is 13.6. The molecular formula is C15H18FN3S. The molecule has 1 atom stereocenters. The normalized spacial score (nSPS) is 17.9. The number of nitrogens with zero attached hydrogens (tertiary/aromatic N) is 2. The topological polar surface area (TPSA) is 29.9 Å². The largest absolute Gasteiger partial charge is 0.337 e. The molecule has 1 aromatic heterocycles. The average molecular weight is 291 g/mol. The molecule has 1 aromatic carbocycles. The lowest BCUT2D eigenvalue weighted by Crippen LogP contribution is -2.26. The minimum Gasteiger partial charge on any atom is -0.337 e. The number of hydrogen-bond acceptors (Lipinski definition) is 3. The van der Waals surface area contributed by atoms with Gasteiger partial charge in [0.2, 0.25) is 0 Å². The highest BCUT2D eigenvalue weighted by atomic mass is 32.2. The number of aryl methyl sites for hydroxylation is 1. The molecule has 1 unspecified atom stereocenters. The SMILES string of the molecule is Fc1cccc2c1SCCC2NCCCn1ccnc1. The van der Waals surface area contributed by atoms with E-state index in [9.17, 15) is 4.39 Å². The molecule has 0 radical (unpaired) electrons. The van der Waals surface area contributed by atoms with Gasteiger partial charge < -0.3 is 9.88 Å². The Labute approximate surface area is 122 Å². The van der Waals surface area contributed by atoms with Gasteiger partial charge in [0.1, 0.15) is 5.82 Å². The first-order valence-electron chi connectivity index (χ1n) is 6.95. The highest BCUT2D eigenvalue weighted by molar-refractivity contribution is 7.99. The molecule has 3 nitrogen and oxygen atoms in total. The zero-order valence-electron chi connectivity index (χ0n) is 11.3. The Kier molecular flexibility index (Phi) is 4.38. The van der Waals surface area contributed by atoms with Crippen molar-refractivity contribution in [3.63, 3.8) is 0 Å². The third-order valence-corrected chi connectivity index (χ3v) is 4.73. The van der Waals surface area contributed by atoms with Gasteiger partial charge in [-0.2, -0.15) is 0 Å². The lowest BCUT2D eigenvalue weighted by molar-refractivity contribution is 0.476. The van der Waals surface area contributed by atoms with Crippen molar-refractivity contribution >= 4 is 11.8 Å². The van der Waals surface area contributed by atoms with Gasteiger partial charge in [-0.05, 0) is 36.8 Å². The predicted octanol–water partition coefficient (Wildman–Crippen LogP) is 3.24. The molecule has 1 aliphatic heterocycles. The zero-order valence-corrected chi connectivity index (χ0v) is 12.1. The third kappa shape index (κ3) is 3.04. The Morgan fingerprint density at radius 2 is 2.40 bits per heavy atom. The van der Waals surface area contributed by atoms with Crippen LogP contribution in [0.1, 0.15) is 24.4 Å². The van der Waals surface area contributed by atoms with Crippen LogP contribution in [0, 0.1) is 5.82 Å². The number of thioether (sulfide) groups is 1. The number of nitrogens with one attached hydrogen (secondary N) is 1. The minimum atomic E-state index is -0.0857. The summed E-state index contributed by atoms with van der Waals surface area (Å²) in [7, 11) is 0. The number of rotatable bonds is 5. The Morgan fingerprint density at radius 3 is 3.25 bits per heavy atom. The number of benzene rings is 1.